The minimum Gasteiger partial charge on any atom is -0.619 e. The summed E-state index contributed by atoms with van der Waals surface area (Å²) < 4.78 is 0.712. The molecule has 2 atom stereocenters. The summed E-state index contributed by atoms with van der Waals surface area (Å²) in [6.07, 6.45) is 2.84. The summed E-state index contributed by atoms with van der Waals surface area (Å²) >= 11 is 0. The maximum absolute atomic E-state index is 11.3. The van der Waals surface area contributed by atoms with Gasteiger partial charge in [-0.05, 0) is 6.07 Å². The Balaban J connectivity index is 1.90. The van der Waals surface area contributed by atoms with Crippen molar-refractivity contribution in [1.82, 2.24) is 5.32 Å². The number of rotatable bonds is 1. The van der Waals surface area contributed by atoms with E-state index < -0.39 is 0 Å². The Labute approximate surface area is 93.5 Å². The van der Waals surface area contributed by atoms with Crippen molar-refractivity contribution in [3.8, 4) is 6.07 Å². The summed E-state index contributed by atoms with van der Waals surface area (Å²) in [5, 5.41) is 23.5. The lowest BCUT2D eigenvalue weighted by atomic mass is 9.91. The Kier molecular flexibility index (Phi) is 1.98. The Morgan fingerprint density at radius 2 is 2.38 bits per heavy atom. The second-order valence-corrected chi connectivity index (χ2v) is 4.39. The number of hydrogen-bond acceptors (Lipinski definition) is 4. The van der Waals surface area contributed by atoms with Crippen LogP contribution in [-0.2, 0) is 0 Å². The fourth-order valence-corrected chi connectivity index (χ4v) is 2.57. The summed E-state index contributed by atoms with van der Waals surface area (Å²) in [4.78, 5) is 2.19. The van der Waals surface area contributed by atoms with E-state index in [1.54, 1.807) is 6.07 Å². The second kappa shape index (κ2) is 3.35. The van der Waals surface area contributed by atoms with Crippen LogP contribution in [0.15, 0.2) is 18.5 Å². The minimum atomic E-state index is 0.418. The third-order valence-corrected chi connectivity index (χ3v) is 3.43. The number of aromatic nitrogens is 1. The molecule has 0 amide bonds. The molecule has 2 saturated heterocycles. The molecule has 0 aromatic carbocycles. The van der Waals surface area contributed by atoms with Crippen LogP contribution in [0, 0.1) is 22.5 Å². The third kappa shape index (κ3) is 1.31. The predicted octanol–water partition coefficient (Wildman–Crippen LogP) is -0.400. The number of fused-ring (bicyclic) bond motifs is 1. The molecular weight excluding hydrogens is 204 g/mol. The van der Waals surface area contributed by atoms with Crippen molar-refractivity contribution in [3.63, 3.8) is 0 Å². The molecule has 2 aliphatic heterocycles. The molecule has 0 spiro atoms. The normalized spacial score (nSPS) is 27.1. The van der Waals surface area contributed by atoms with Gasteiger partial charge in [0.05, 0.1) is 0 Å². The molecule has 1 aromatic rings. The maximum Gasteiger partial charge on any atom is 0.203 e. The lowest BCUT2D eigenvalue weighted by Gasteiger charge is -2.44. The van der Waals surface area contributed by atoms with E-state index in [1.165, 1.54) is 12.4 Å². The van der Waals surface area contributed by atoms with Crippen molar-refractivity contribution in [1.29, 1.82) is 5.26 Å². The molecule has 16 heavy (non-hydrogen) atoms. The first kappa shape index (κ1) is 9.43. The molecule has 82 valence electrons. The molecule has 5 heteroatoms. The quantitative estimate of drug-likeness (QED) is 0.512. The van der Waals surface area contributed by atoms with Crippen LogP contribution in [0.4, 0.5) is 5.69 Å². The molecule has 0 aliphatic carbocycles. The number of pyridine rings is 1. The van der Waals surface area contributed by atoms with E-state index in [-0.39, 0.29) is 0 Å². The van der Waals surface area contributed by atoms with E-state index in [2.05, 4.69) is 10.2 Å². The Morgan fingerprint density at radius 1 is 1.50 bits per heavy atom. The van der Waals surface area contributed by atoms with Gasteiger partial charge in [0.1, 0.15) is 17.3 Å². The van der Waals surface area contributed by atoms with E-state index in [4.69, 9.17) is 5.26 Å². The minimum absolute atomic E-state index is 0.418. The van der Waals surface area contributed by atoms with E-state index >= 15 is 0 Å². The molecule has 1 aromatic heterocycles. The average molecular weight is 216 g/mol. The number of anilines is 1. The van der Waals surface area contributed by atoms with Crippen LogP contribution in [0.25, 0.3) is 0 Å². The molecule has 0 saturated carbocycles. The smallest absolute Gasteiger partial charge is 0.203 e. The molecule has 2 aliphatic rings. The molecule has 3 rings (SSSR count). The first-order valence-electron chi connectivity index (χ1n) is 5.39. The highest BCUT2D eigenvalue weighted by Gasteiger charge is 2.42. The molecule has 0 unspecified atom stereocenters. The van der Waals surface area contributed by atoms with Crippen LogP contribution in [0.3, 0.4) is 0 Å². The zero-order chi connectivity index (χ0) is 11.1. The van der Waals surface area contributed by atoms with Gasteiger partial charge in [0.15, 0.2) is 6.20 Å². The van der Waals surface area contributed by atoms with Gasteiger partial charge in [-0.3, -0.25) is 0 Å². The number of hydrogen-bond donors (Lipinski definition) is 1. The number of nitrogens with zero attached hydrogens (tertiary/aromatic N) is 3. The number of nitriles is 1. The summed E-state index contributed by atoms with van der Waals surface area (Å²) in [6, 6.07) is 4.28. The topological polar surface area (TPSA) is 66.0 Å². The van der Waals surface area contributed by atoms with Crippen LogP contribution in [0.2, 0.25) is 0 Å². The Hall–Kier alpha value is -1.80. The summed E-state index contributed by atoms with van der Waals surface area (Å²) in [6.45, 7) is 3.02. The molecule has 5 nitrogen and oxygen atoms in total. The Morgan fingerprint density at radius 3 is 3.12 bits per heavy atom. The Bertz CT molecular complexity index is 468. The first-order chi connectivity index (χ1) is 7.78. The van der Waals surface area contributed by atoms with Crippen LogP contribution in [-0.4, -0.2) is 25.7 Å². The fraction of sp³-hybridized carbons (Fsp3) is 0.455. The lowest BCUT2D eigenvalue weighted by Crippen LogP contribution is -2.56. The monoisotopic (exact) mass is 216 g/mol. The molecule has 3 heterocycles. The summed E-state index contributed by atoms with van der Waals surface area (Å²) in [5.41, 5.74) is 1.28. The standard InChI is InChI=1S/C11H12N4O/c12-2-8-1-10(7-14(16)5-8)15-6-9-3-13-4-11(9)15/h1,5,7,9,11,13H,3-4,6H2/t9-,11-/m1/s1. The van der Waals surface area contributed by atoms with Gasteiger partial charge in [0.25, 0.3) is 0 Å². The van der Waals surface area contributed by atoms with Crippen molar-refractivity contribution < 1.29 is 4.73 Å². The maximum atomic E-state index is 11.3. The van der Waals surface area contributed by atoms with E-state index in [0.29, 0.717) is 22.3 Å². The highest BCUT2D eigenvalue weighted by Crippen LogP contribution is 2.32. The highest BCUT2D eigenvalue weighted by atomic mass is 16.5. The van der Waals surface area contributed by atoms with Gasteiger partial charge in [0.2, 0.25) is 6.20 Å². The molecule has 0 bridgehead atoms. The number of nitrogens with one attached hydrogen (secondary N) is 1. The van der Waals surface area contributed by atoms with Gasteiger partial charge >= 0.3 is 0 Å². The molecular formula is C11H12N4O. The third-order valence-electron chi connectivity index (χ3n) is 3.43. The fourth-order valence-electron chi connectivity index (χ4n) is 2.57. The van der Waals surface area contributed by atoms with Gasteiger partial charge < -0.3 is 15.4 Å². The zero-order valence-electron chi connectivity index (χ0n) is 8.76. The summed E-state index contributed by atoms with van der Waals surface area (Å²) in [5.74, 6) is 0.700. The zero-order valence-corrected chi connectivity index (χ0v) is 8.76. The second-order valence-electron chi connectivity index (χ2n) is 4.39. The lowest BCUT2D eigenvalue weighted by molar-refractivity contribution is -0.604. The van der Waals surface area contributed by atoms with Crippen LogP contribution >= 0.6 is 0 Å². The van der Waals surface area contributed by atoms with Crippen LogP contribution < -0.4 is 14.9 Å². The van der Waals surface area contributed by atoms with Crippen molar-refractivity contribution in [2.45, 2.75) is 6.04 Å². The first-order valence-corrected chi connectivity index (χ1v) is 5.39. The predicted molar refractivity (Wildman–Crippen MR) is 57.6 cm³/mol. The summed E-state index contributed by atoms with van der Waals surface area (Å²) in [7, 11) is 0. The van der Waals surface area contributed by atoms with Crippen molar-refractivity contribution in [3.05, 3.63) is 29.2 Å². The van der Waals surface area contributed by atoms with Crippen LogP contribution in [0.5, 0.6) is 0 Å². The van der Waals surface area contributed by atoms with E-state index in [9.17, 15) is 5.21 Å². The average Bonchev–Trinajstić information content (AvgIpc) is 2.59. The van der Waals surface area contributed by atoms with Gasteiger partial charge in [0, 0.05) is 31.6 Å². The van der Waals surface area contributed by atoms with Gasteiger partial charge in [-0.25, -0.2) is 0 Å². The van der Waals surface area contributed by atoms with E-state index in [0.717, 1.165) is 25.3 Å². The van der Waals surface area contributed by atoms with Crippen molar-refractivity contribution >= 4 is 5.69 Å². The molecule has 1 N–H and O–H groups in total. The largest absolute Gasteiger partial charge is 0.619 e. The molecule has 0 radical (unpaired) electrons. The van der Waals surface area contributed by atoms with Gasteiger partial charge in [-0.1, -0.05) is 0 Å². The van der Waals surface area contributed by atoms with Crippen LogP contribution in [0.1, 0.15) is 5.56 Å². The van der Waals surface area contributed by atoms with Gasteiger partial charge in [-0.15, -0.1) is 0 Å². The van der Waals surface area contributed by atoms with E-state index in [1.807, 2.05) is 6.07 Å². The highest BCUT2D eigenvalue weighted by molar-refractivity contribution is 5.51. The molecule has 2 fully saturated rings. The van der Waals surface area contributed by atoms with Gasteiger partial charge in [-0.2, -0.15) is 9.99 Å². The SMILES string of the molecule is N#Cc1cc(N2C[C@H]3CNC[C@H]32)c[n+]([O-])c1. The van der Waals surface area contributed by atoms with Crippen molar-refractivity contribution in [2.24, 2.45) is 5.92 Å². The van der Waals surface area contributed by atoms with Crippen molar-refractivity contribution in [2.75, 3.05) is 24.5 Å².